The van der Waals surface area contributed by atoms with Crippen LogP contribution in [-0.4, -0.2) is 51.0 Å². The molecule has 1 aliphatic rings. The molecule has 90 valence electrons. The van der Waals surface area contributed by atoms with Gasteiger partial charge >= 0.3 is 0 Å². The van der Waals surface area contributed by atoms with Crippen molar-refractivity contribution in [3.05, 3.63) is 0 Å². The Balaban J connectivity index is 2.26. The average molecular weight is 234 g/mol. The van der Waals surface area contributed by atoms with Crippen molar-refractivity contribution in [2.45, 2.75) is 25.8 Å². The van der Waals surface area contributed by atoms with E-state index in [0.29, 0.717) is 5.92 Å². The zero-order valence-corrected chi connectivity index (χ0v) is 10.5. The van der Waals surface area contributed by atoms with Crippen LogP contribution in [0.15, 0.2) is 0 Å². The van der Waals surface area contributed by atoms with E-state index in [2.05, 4.69) is 11.8 Å². The van der Waals surface area contributed by atoms with Crippen molar-refractivity contribution >= 4 is 9.84 Å². The Morgan fingerprint density at radius 3 is 2.60 bits per heavy atom. The predicted molar refractivity (Wildman–Crippen MR) is 62.5 cm³/mol. The second kappa shape index (κ2) is 5.27. The normalized spacial score (nSPS) is 29.3. The van der Waals surface area contributed by atoms with Crippen molar-refractivity contribution in [1.82, 2.24) is 4.90 Å². The molecule has 0 aromatic carbocycles. The SMILES string of the molecule is CC1CC(N)CN(CCCS(C)(=O)=O)C1. The van der Waals surface area contributed by atoms with E-state index in [1.54, 1.807) is 0 Å². The predicted octanol–water partition coefficient (Wildman–Crippen LogP) is 0.0902. The van der Waals surface area contributed by atoms with Crippen LogP contribution >= 0.6 is 0 Å². The number of hydrogen-bond donors (Lipinski definition) is 1. The zero-order valence-electron chi connectivity index (χ0n) is 9.65. The first-order valence-electron chi connectivity index (χ1n) is 5.52. The summed E-state index contributed by atoms with van der Waals surface area (Å²) in [6.45, 7) is 5.01. The molecular formula is C10H22N2O2S. The third-order valence-corrected chi connectivity index (χ3v) is 3.79. The highest BCUT2D eigenvalue weighted by molar-refractivity contribution is 7.90. The van der Waals surface area contributed by atoms with Gasteiger partial charge in [0.25, 0.3) is 0 Å². The average Bonchev–Trinajstić information content (AvgIpc) is 1.99. The Morgan fingerprint density at radius 1 is 1.40 bits per heavy atom. The van der Waals surface area contributed by atoms with Crippen molar-refractivity contribution in [2.24, 2.45) is 11.7 Å². The molecule has 0 bridgehead atoms. The van der Waals surface area contributed by atoms with Crippen molar-refractivity contribution in [2.75, 3.05) is 31.6 Å². The van der Waals surface area contributed by atoms with Gasteiger partial charge in [-0.3, -0.25) is 0 Å². The van der Waals surface area contributed by atoms with E-state index in [1.807, 2.05) is 0 Å². The molecule has 2 unspecified atom stereocenters. The minimum atomic E-state index is -2.81. The van der Waals surface area contributed by atoms with Gasteiger partial charge in [-0.15, -0.1) is 0 Å². The highest BCUT2D eigenvalue weighted by Gasteiger charge is 2.21. The maximum Gasteiger partial charge on any atom is 0.147 e. The zero-order chi connectivity index (χ0) is 11.5. The van der Waals surface area contributed by atoms with E-state index in [0.717, 1.165) is 32.5 Å². The van der Waals surface area contributed by atoms with Crippen LogP contribution in [0, 0.1) is 5.92 Å². The van der Waals surface area contributed by atoms with Crippen molar-refractivity contribution < 1.29 is 8.42 Å². The molecule has 0 saturated carbocycles. The lowest BCUT2D eigenvalue weighted by Crippen LogP contribution is -2.46. The Kier molecular flexibility index (Phi) is 4.55. The molecule has 1 saturated heterocycles. The maximum atomic E-state index is 11.0. The Labute approximate surface area is 92.7 Å². The van der Waals surface area contributed by atoms with Gasteiger partial charge in [0.05, 0.1) is 5.75 Å². The van der Waals surface area contributed by atoms with E-state index < -0.39 is 9.84 Å². The summed E-state index contributed by atoms with van der Waals surface area (Å²) in [5.41, 5.74) is 5.91. The van der Waals surface area contributed by atoms with E-state index >= 15 is 0 Å². The summed E-state index contributed by atoms with van der Waals surface area (Å²) in [7, 11) is -2.81. The second-order valence-electron chi connectivity index (χ2n) is 4.84. The molecule has 0 aromatic rings. The Hall–Kier alpha value is -0.130. The number of sulfone groups is 1. The molecule has 1 rings (SSSR count). The summed E-state index contributed by atoms with van der Waals surface area (Å²) in [5, 5.41) is 0. The van der Waals surface area contributed by atoms with E-state index in [4.69, 9.17) is 5.73 Å². The number of nitrogens with two attached hydrogens (primary N) is 1. The van der Waals surface area contributed by atoms with Crippen LogP contribution < -0.4 is 5.73 Å². The first kappa shape index (κ1) is 12.9. The van der Waals surface area contributed by atoms with Crippen molar-refractivity contribution in [3.8, 4) is 0 Å². The van der Waals surface area contributed by atoms with Crippen LogP contribution in [0.3, 0.4) is 0 Å². The van der Waals surface area contributed by atoms with Crippen LogP contribution in [0.25, 0.3) is 0 Å². The van der Waals surface area contributed by atoms with Gasteiger partial charge in [-0.2, -0.15) is 0 Å². The second-order valence-corrected chi connectivity index (χ2v) is 7.10. The highest BCUT2D eigenvalue weighted by Crippen LogP contribution is 2.14. The summed E-state index contributed by atoms with van der Waals surface area (Å²) in [5.74, 6) is 0.916. The van der Waals surface area contributed by atoms with Crippen LogP contribution in [0.4, 0.5) is 0 Å². The molecule has 4 nitrogen and oxygen atoms in total. The van der Waals surface area contributed by atoms with Gasteiger partial charge in [-0.25, -0.2) is 8.42 Å². The fraction of sp³-hybridized carbons (Fsp3) is 1.00. The molecule has 0 aromatic heterocycles. The molecule has 2 atom stereocenters. The van der Waals surface area contributed by atoms with Gasteiger partial charge in [-0.1, -0.05) is 6.92 Å². The van der Waals surface area contributed by atoms with Crippen LogP contribution in [0.5, 0.6) is 0 Å². The highest BCUT2D eigenvalue weighted by atomic mass is 32.2. The number of piperidine rings is 1. The standard InChI is InChI=1S/C10H22N2O2S/c1-9-6-10(11)8-12(7-9)4-3-5-15(2,13)14/h9-10H,3-8,11H2,1-2H3. The third-order valence-electron chi connectivity index (χ3n) is 2.76. The number of likely N-dealkylation sites (tertiary alicyclic amines) is 1. The molecule has 0 aliphatic carbocycles. The molecule has 0 amide bonds. The smallest absolute Gasteiger partial charge is 0.147 e. The third kappa shape index (κ3) is 5.49. The minimum absolute atomic E-state index is 0.256. The maximum absolute atomic E-state index is 11.0. The van der Waals surface area contributed by atoms with Gasteiger partial charge in [0.2, 0.25) is 0 Å². The molecular weight excluding hydrogens is 212 g/mol. The van der Waals surface area contributed by atoms with Gasteiger partial charge in [0, 0.05) is 25.4 Å². The van der Waals surface area contributed by atoms with Gasteiger partial charge < -0.3 is 10.6 Å². The van der Waals surface area contributed by atoms with Crippen LogP contribution in [0.1, 0.15) is 19.8 Å². The fourth-order valence-electron chi connectivity index (χ4n) is 2.25. The summed E-state index contributed by atoms with van der Waals surface area (Å²) < 4.78 is 21.9. The van der Waals surface area contributed by atoms with E-state index in [-0.39, 0.29) is 11.8 Å². The molecule has 0 spiro atoms. The quantitative estimate of drug-likeness (QED) is 0.749. The molecule has 2 N–H and O–H groups in total. The summed E-state index contributed by atoms with van der Waals surface area (Å²) in [4.78, 5) is 2.28. The van der Waals surface area contributed by atoms with Gasteiger partial charge in [0.1, 0.15) is 9.84 Å². The lowest BCUT2D eigenvalue weighted by molar-refractivity contribution is 0.166. The Bertz CT molecular complexity index is 280. The molecule has 15 heavy (non-hydrogen) atoms. The van der Waals surface area contributed by atoms with Crippen molar-refractivity contribution in [1.29, 1.82) is 0 Å². The van der Waals surface area contributed by atoms with Crippen LogP contribution in [-0.2, 0) is 9.84 Å². The summed E-state index contributed by atoms with van der Waals surface area (Å²) in [6, 6.07) is 0.256. The molecule has 1 heterocycles. The largest absolute Gasteiger partial charge is 0.327 e. The molecule has 1 fully saturated rings. The number of hydrogen-bond acceptors (Lipinski definition) is 4. The minimum Gasteiger partial charge on any atom is -0.327 e. The first-order valence-corrected chi connectivity index (χ1v) is 7.58. The van der Waals surface area contributed by atoms with E-state index in [1.165, 1.54) is 6.26 Å². The summed E-state index contributed by atoms with van der Waals surface area (Å²) >= 11 is 0. The monoisotopic (exact) mass is 234 g/mol. The topological polar surface area (TPSA) is 63.4 Å². The summed E-state index contributed by atoms with van der Waals surface area (Å²) in [6.07, 6.45) is 3.10. The lowest BCUT2D eigenvalue weighted by Gasteiger charge is -2.34. The first-order chi connectivity index (χ1) is 6.87. The Morgan fingerprint density at radius 2 is 2.07 bits per heavy atom. The number of nitrogens with zero attached hydrogens (tertiary/aromatic N) is 1. The molecule has 0 radical (unpaired) electrons. The van der Waals surface area contributed by atoms with Crippen LogP contribution in [0.2, 0.25) is 0 Å². The molecule has 5 heteroatoms. The van der Waals surface area contributed by atoms with Gasteiger partial charge in [0.15, 0.2) is 0 Å². The molecule has 1 aliphatic heterocycles. The lowest BCUT2D eigenvalue weighted by atomic mass is 9.96. The number of rotatable bonds is 4. The van der Waals surface area contributed by atoms with E-state index in [9.17, 15) is 8.42 Å². The van der Waals surface area contributed by atoms with Crippen molar-refractivity contribution in [3.63, 3.8) is 0 Å². The van der Waals surface area contributed by atoms with Gasteiger partial charge in [-0.05, 0) is 25.3 Å². The fourth-order valence-corrected chi connectivity index (χ4v) is 2.90.